The van der Waals surface area contributed by atoms with Crippen LogP contribution in [0.15, 0.2) is 46.9 Å². The first kappa shape index (κ1) is 17.1. The molecule has 2 N–H and O–H groups in total. The number of rotatable bonds is 5. The Hall–Kier alpha value is -2.21. The number of aryl methyl sites for hydroxylation is 1. The SMILES string of the molecule is Cc1ccc(NC(=O)CNC(=O)Cc2ccccc2F)c(Br)c1. The summed E-state index contributed by atoms with van der Waals surface area (Å²) in [5.41, 5.74) is 1.99. The Labute approximate surface area is 142 Å². The molecule has 2 aromatic rings. The highest BCUT2D eigenvalue weighted by Crippen LogP contribution is 2.23. The normalized spacial score (nSPS) is 10.2. The molecule has 2 rings (SSSR count). The Balaban J connectivity index is 1.84. The Morgan fingerprint density at radius 2 is 1.87 bits per heavy atom. The molecule has 0 saturated heterocycles. The summed E-state index contributed by atoms with van der Waals surface area (Å²) in [5.74, 6) is -1.19. The van der Waals surface area contributed by atoms with Crippen molar-refractivity contribution >= 4 is 33.4 Å². The fraction of sp³-hybridized carbons (Fsp3) is 0.176. The molecule has 0 atom stereocenters. The molecular weight excluding hydrogens is 363 g/mol. The van der Waals surface area contributed by atoms with Gasteiger partial charge in [-0.05, 0) is 52.2 Å². The summed E-state index contributed by atoms with van der Waals surface area (Å²) >= 11 is 3.36. The van der Waals surface area contributed by atoms with Crippen molar-refractivity contribution in [1.29, 1.82) is 0 Å². The fourth-order valence-electron chi connectivity index (χ4n) is 1.97. The highest BCUT2D eigenvalue weighted by Gasteiger charge is 2.10. The molecule has 0 aromatic heterocycles. The van der Waals surface area contributed by atoms with Crippen LogP contribution in [-0.2, 0) is 16.0 Å². The number of amides is 2. The Bertz CT molecular complexity index is 734. The lowest BCUT2D eigenvalue weighted by atomic mass is 10.1. The van der Waals surface area contributed by atoms with Gasteiger partial charge >= 0.3 is 0 Å². The number of anilines is 1. The van der Waals surface area contributed by atoms with Crippen LogP contribution in [0.5, 0.6) is 0 Å². The number of hydrogen-bond acceptors (Lipinski definition) is 2. The van der Waals surface area contributed by atoms with E-state index in [2.05, 4.69) is 26.6 Å². The molecule has 0 saturated carbocycles. The molecule has 6 heteroatoms. The van der Waals surface area contributed by atoms with Crippen molar-refractivity contribution in [1.82, 2.24) is 5.32 Å². The van der Waals surface area contributed by atoms with Crippen LogP contribution in [0.4, 0.5) is 10.1 Å². The maximum Gasteiger partial charge on any atom is 0.243 e. The first-order valence-electron chi connectivity index (χ1n) is 7.02. The Morgan fingerprint density at radius 1 is 1.13 bits per heavy atom. The summed E-state index contributed by atoms with van der Waals surface area (Å²) in [6.07, 6.45) is -0.103. The molecule has 4 nitrogen and oxygen atoms in total. The van der Waals surface area contributed by atoms with E-state index in [4.69, 9.17) is 0 Å². The predicted octanol–water partition coefficient (Wildman–Crippen LogP) is 3.19. The van der Waals surface area contributed by atoms with E-state index in [0.29, 0.717) is 11.3 Å². The van der Waals surface area contributed by atoms with Crippen LogP contribution >= 0.6 is 15.9 Å². The average Bonchev–Trinajstić information content (AvgIpc) is 2.50. The van der Waals surface area contributed by atoms with E-state index < -0.39 is 11.7 Å². The number of halogens is 2. The zero-order chi connectivity index (χ0) is 16.8. The number of nitrogens with one attached hydrogen (secondary N) is 2. The van der Waals surface area contributed by atoms with Gasteiger partial charge < -0.3 is 10.6 Å². The second-order valence-electron chi connectivity index (χ2n) is 5.08. The van der Waals surface area contributed by atoms with Gasteiger partial charge in [-0.2, -0.15) is 0 Å². The third-order valence-corrected chi connectivity index (χ3v) is 3.81. The molecule has 23 heavy (non-hydrogen) atoms. The van der Waals surface area contributed by atoms with E-state index >= 15 is 0 Å². The molecule has 2 amide bonds. The van der Waals surface area contributed by atoms with Gasteiger partial charge in [0.1, 0.15) is 5.82 Å². The molecule has 0 radical (unpaired) electrons. The third-order valence-electron chi connectivity index (χ3n) is 3.15. The predicted molar refractivity (Wildman–Crippen MR) is 90.6 cm³/mol. The molecule has 0 aliphatic heterocycles. The summed E-state index contributed by atoms with van der Waals surface area (Å²) < 4.78 is 14.2. The van der Waals surface area contributed by atoms with Crippen molar-refractivity contribution in [3.63, 3.8) is 0 Å². The van der Waals surface area contributed by atoms with E-state index in [-0.39, 0.29) is 18.9 Å². The quantitative estimate of drug-likeness (QED) is 0.839. The fourth-order valence-corrected chi connectivity index (χ4v) is 2.56. The van der Waals surface area contributed by atoms with Gasteiger partial charge in [0.15, 0.2) is 0 Å². The first-order chi connectivity index (χ1) is 11.0. The van der Waals surface area contributed by atoms with Gasteiger partial charge in [-0.15, -0.1) is 0 Å². The standard InChI is InChI=1S/C17H16BrFN2O2/c1-11-6-7-15(13(18)8-11)21-17(23)10-20-16(22)9-12-4-2-3-5-14(12)19/h2-8H,9-10H2,1H3,(H,20,22)(H,21,23). The van der Waals surface area contributed by atoms with Gasteiger partial charge in [0.25, 0.3) is 0 Å². The van der Waals surface area contributed by atoms with E-state index in [1.807, 2.05) is 19.1 Å². The summed E-state index contributed by atoms with van der Waals surface area (Å²) in [4.78, 5) is 23.6. The summed E-state index contributed by atoms with van der Waals surface area (Å²) in [5, 5.41) is 5.17. The maximum atomic E-state index is 13.4. The smallest absolute Gasteiger partial charge is 0.243 e. The highest BCUT2D eigenvalue weighted by molar-refractivity contribution is 9.10. The lowest BCUT2D eigenvalue weighted by molar-refractivity contribution is -0.123. The third kappa shape index (κ3) is 5.17. The molecule has 0 heterocycles. The molecule has 0 unspecified atom stereocenters. The zero-order valence-corrected chi connectivity index (χ0v) is 14.1. The molecule has 0 fully saturated rings. The molecule has 0 bridgehead atoms. The van der Waals surface area contributed by atoms with Gasteiger partial charge in [-0.25, -0.2) is 4.39 Å². The minimum absolute atomic E-state index is 0.103. The second-order valence-corrected chi connectivity index (χ2v) is 5.93. The monoisotopic (exact) mass is 378 g/mol. The first-order valence-corrected chi connectivity index (χ1v) is 7.81. The van der Waals surface area contributed by atoms with E-state index in [0.717, 1.165) is 10.0 Å². The lowest BCUT2D eigenvalue weighted by Gasteiger charge is -2.09. The lowest BCUT2D eigenvalue weighted by Crippen LogP contribution is -2.34. The van der Waals surface area contributed by atoms with Crippen LogP contribution < -0.4 is 10.6 Å². The van der Waals surface area contributed by atoms with Crippen LogP contribution in [-0.4, -0.2) is 18.4 Å². The zero-order valence-electron chi connectivity index (χ0n) is 12.5. The van der Waals surface area contributed by atoms with Gasteiger partial charge in [0.2, 0.25) is 11.8 Å². The second kappa shape index (κ2) is 7.87. The van der Waals surface area contributed by atoms with Crippen LogP contribution in [0, 0.1) is 12.7 Å². The summed E-state index contributed by atoms with van der Waals surface area (Å²) in [7, 11) is 0. The van der Waals surface area contributed by atoms with Gasteiger partial charge in [0.05, 0.1) is 18.7 Å². The molecule has 0 spiro atoms. The summed E-state index contributed by atoms with van der Waals surface area (Å²) in [6.45, 7) is 1.77. The molecule has 2 aromatic carbocycles. The summed E-state index contributed by atoms with van der Waals surface area (Å²) in [6, 6.07) is 11.6. The Morgan fingerprint density at radius 3 is 2.57 bits per heavy atom. The molecular formula is C17H16BrFN2O2. The van der Waals surface area contributed by atoms with Crippen molar-refractivity contribution in [3.8, 4) is 0 Å². The number of carbonyl (C=O) groups excluding carboxylic acids is 2. The largest absolute Gasteiger partial charge is 0.347 e. The minimum atomic E-state index is -0.435. The topological polar surface area (TPSA) is 58.2 Å². The van der Waals surface area contributed by atoms with E-state index in [9.17, 15) is 14.0 Å². The highest BCUT2D eigenvalue weighted by atomic mass is 79.9. The van der Waals surface area contributed by atoms with Crippen LogP contribution in [0.2, 0.25) is 0 Å². The van der Waals surface area contributed by atoms with Gasteiger partial charge in [-0.1, -0.05) is 24.3 Å². The van der Waals surface area contributed by atoms with Crippen LogP contribution in [0.3, 0.4) is 0 Å². The van der Waals surface area contributed by atoms with Gasteiger partial charge in [-0.3, -0.25) is 9.59 Å². The van der Waals surface area contributed by atoms with Gasteiger partial charge in [0, 0.05) is 4.47 Å². The Kier molecular flexibility index (Phi) is 5.87. The van der Waals surface area contributed by atoms with Crippen LogP contribution in [0.25, 0.3) is 0 Å². The number of benzene rings is 2. The maximum absolute atomic E-state index is 13.4. The number of carbonyl (C=O) groups is 2. The molecule has 0 aliphatic rings. The van der Waals surface area contributed by atoms with Crippen molar-refractivity contribution in [2.24, 2.45) is 0 Å². The minimum Gasteiger partial charge on any atom is -0.347 e. The average molecular weight is 379 g/mol. The van der Waals surface area contributed by atoms with E-state index in [1.165, 1.54) is 6.07 Å². The van der Waals surface area contributed by atoms with Crippen molar-refractivity contribution in [3.05, 3.63) is 63.9 Å². The van der Waals surface area contributed by atoms with E-state index in [1.54, 1.807) is 24.3 Å². The number of hydrogen-bond donors (Lipinski definition) is 2. The van der Waals surface area contributed by atoms with Crippen molar-refractivity contribution in [2.75, 3.05) is 11.9 Å². The van der Waals surface area contributed by atoms with Crippen molar-refractivity contribution < 1.29 is 14.0 Å². The van der Waals surface area contributed by atoms with Crippen molar-refractivity contribution in [2.45, 2.75) is 13.3 Å². The molecule has 120 valence electrons. The van der Waals surface area contributed by atoms with Crippen LogP contribution in [0.1, 0.15) is 11.1 Å². The molecule has 0 aliphatic carbocycles.